The first kappa shape index (κ1) is 11.9. The van der Waals surface area contributed by atoms with Crippen LogP contribution in [0.5, 0.6) is 11.5 Å². The highest BCUT2D eigenvalue weighted by atomic mass is 35.5. The summed E-state index contributed by atoms with van der Waals surface area (Å²) in [7, 11) is 3.28. The summed E-state index contributed by atoms with van der Waals surface area (Å²) >= 11 is 5.58. The fourth-order valence-corrected chi connectivity index (χ4v) is 1.33. The first-order valence-corrected chi connectivity index (χ1v) is 5.29. The second-order valence-electron chi connectivity index (χ2n) is 3.03. The van der Waals surface area contributed by atoms with Crippen molar-refractivity contribution in [3.05, 3.63) is 29.8 Å². The molecule has 1 aromatic carbocycles. The maximum Gasteiger partial charge on any atom is 0.123 e. The Morgan fingerprint density at radius 3 is 2.20 bits per heavy atom. The highest BCUT2D eigenvalue weighted by molar-refractivity contribution is 6.17. The molecule has 0 aliphatic heterocycles. The Labute approximate surface area is 95.5 Å². The number of allylic oxidation sites excluding steroid dienone is 1. The van der Waals surface area contributed by atoms with Crippen LogP contribution >= 0.6 is 11.6 Å². The molecule has 0 aromatic heterocycles. The Morgan fingerprint density at radius 1 is 1.13 bits per heavy atom. The van der Waals surface area contributed by atoms with Crippen molar-refractivity contribution in [3.63, 3.8) is 0 Å². The molecular weight excluding hydrogens is 212 g/mol. The van der Waals surface area contributed by atoms with Crippen molar-refractivity contribution in [1.82, 2.24) is 0 Å². The number of hydrogen-bond acceptors (Lipinski definition) is 2. The standard InChI is InChI=1S/C12H15ClO2/c1-14-11-7-10(5-3-4-6-13)8-12(9-11)15-2/h3,5,7-9H,4,6H2,1-2H3. The van der Waals surface area contributed by atoms with Crippen LogP contribution in [0, 0.1) is 0 Å². The van der Waals surface area contributed by atoms with Gasteiger partial charge in [0.05, 0.1) is 14.2 Å². The number of halogens is 1. The van der Waals surface area contributed by atoms with Crippen LogP contribution in [0.2, 0.25) is 0 Å². The summed E-state index contributed by atoms with van der Waals surface area (Å²) in [4.78, 5) is 0. The highest BCUT2D eigenvalue weighted by Crippen LogP contribution is 2.23. The zero-order chi connectivity index (χ0) is 11.1. The highest BCUT2D eigenvalue weighted by Gasteiger charge is 1.98. The fourth-order valence-electron chi connectivity index (χ4n) is 1.21. The summed E-state index contributed by atoms with van der Waals surface area (Å²) in [5.74, 6) is 2.22. The number of benzene rings is 1. The molecule has 0 radical (unpaired) electrons. The van der Waals surface area contributed by atoms with E-state index in [0.29, 0.717) is 5.88 Å². The molecule has 0 saturated heterocycles. The van der Waals surface area contributed by atoms with Gasteiger partial charge in [-0.3, -0.25) is 0 Å². The molecule has 2 nitrogen and oxygen atoms in total. The molecule has 1 aromatic rings. The Morgan fingerprint density at radius 2 is 1.73 bits per heavy atom. The minimum absolute atomic E-state index is 0.637. The molecule has 0 bridgehead atoms. The second-order valence-corrected chi connectivity index (χ2v) is 3.40. The molecule has 0 saturated carbocycles. The largest absolute Gasteiger partial charge is 0.497 e. The van der Waals surface area contributed by atoms with Crippen LogP contribution in [-0.2, 0) is 0 Å². The van der Waals surface area contributed by atoms with Crippen LogP contribution < -0.4 is 9.47 Å². The first-order valence-electron chi connectivity index (χ1n) is 4.75. The lowest BCUT2D eigenvalue weighted by Crippen LogP contribution is -1.88. The molecule has 0 N–H and O–H groups in total. The van der Waals surface area contributed by atoms with Gasteiger partial charge in [-0.2, -0.15) is 0 Å². The van der Waals surface area contributed by atoms with Crippen molar-refractivity contribution in [2.75, 3.05) is 20.1 Å². The third kappa shape index (κ3) is 3.84. The predicted molar refractivity (Wildman–Crippen MR) is 63.9 cm³/mol. The van der Waals surface area contributed by atoms with Gasteiger partial charge in [-0.05, 0) is 24.1 Å². The Hall–Kier alpha value is -1.15. The van der Waals surface area contributed by atoms with Crippen molar-refractivity contribution >= 4 is 17.7 Å². The summed E-state index contributed by atoms with van der Waals surface area (Å²) in [6.07, 6.45) is 4.90. The predicted octanol–water partition coefficient (Wildman–Crippen LogP) is 3.35. The van der Waals surface area contributed by atoms with E-state index in [9.17, 15) is 0 Å². The quantitative estimate of drug-likeness (QED) is 0.717. The summed E-state index contributed by atoms with van der Waals surface area (Å²) < 4.78 is 10.3. The molecule has 0 atom stereocenters. The van der Waals surface area contributed by atoms with E-state index in [1.165, 1.54) is 0 Å². The van der Waals surface area contributed by atoms with Crippen molar-refractivity contribution in [3.8, 4) is 11.5 Å². The van der Waals surface area contributed by atoms with E-state index < -0.39 is 0 Å². The topological polar surface area (TPSA) is 18.5 Å². The molecule has 0 unspecified atom stereocenters. The van der Waals surface area contributed by atoms with Gasteiger partial charge in [-0.15, -0.1) is 11.6 Å². The number of ether oxygens (including phenoxy) is 2. The lowest BCUT2D eigenvalue weighted by molar-refractivity contribution is 0.394. The molecule has 3 heteroatoms. The molecule has 1 rings (SSSR count). The van der Waals surface area contributed by atoms with Crippen molar-refractivity contribution in [1.29, 1.82) is 0 Å². The van der Waals surface area contributed by atoms with Gasteiger partial charge in [0.15, 0.2) is 0 Å². The molecule has 0 spiro atoms. The number of rotatable bonds is 5. The summed E-state index contributed by atoms with van der Waals surface area (Å²) in [5.41, 5.74) is 1.05. The number of alkyl halides is 1. The maximum absolute atomic E-state index is 5.58. The Balaban J connectivity index is 2.86. The molecule has 0 heterocycles. The van der Waals surface area contributed by atoms with Gasteiger partial charge in [-0.25, -0.2) is 0 Å². The molecule has 0 aliphatic rings. The second kappa shape index (κ2) is 6.36. The number of methoxy groups -OCH3 is 2. The lowest BCUT2D eigenvalue weighted by atomic mass is 10.2. The summed E-state index contributed by atoms with van der Waals surface area (Å²) in [5, 5.41) is 0. The molecule has 0 fully saturated rings. The van der Waals surface area contributed by atoms with Gasteiger partial charge in [-0.1, -0.05) is 12.2 Å². The van der Waals surface area contributed by atoms with E-state index in [0.717, 1.165) is 23.5 Å². The van der Waals surface area contributed by atoms with Crippen molar-refractivity contribution < 1.29 is 9.47 Å². The first-order chi connectivity index (χ1) is 7.30. The maximum atomic E-state index is 5.58. The average molecular weight is 227 g/mol. The van der Waals surface area contributed by atoms with E-state index in [2.05, 4.69) is 0 Å². The normalized spacial score (nSPS) is 10.6. The smallest absolute Gasteiger partial charge is 0.123 e. The molecular formula is C12H15ClO2. The molecule has 15 heavy (non-hydrogen) atoms. The van der Waals surface area contributed by atoms with Gasteiger partial charge in [0.25, 0.3) is 0 Å². The fraction of sp³-hybridized carbons (Fsp3) is 0.333. The average Bonchev–Trinajstić information content (AvgIpc) is 2.29. The third-order valence-electron chi connectivity index (χ3n) is 1.96. The van der Waals surface area contributed by atoms with E-state index in [4.69, 9.17) is 21.1 Å². The van der Waals surface area contributed by atoms with Crippen LogP contribution in [0.15, 0.2) is 24.3 Å². The van der Waals surface area contributed by atoms with Crippen molar-refractivity contribution in [2.24, 2.45) is 0 Å². The van der Waals surface area contributed by atoms with E-state index >= 15 is 0 Å². The van der Waals surface area contributed by atoms with Crippen LogP contribution in [0.4, 0.5) is 0 Å². The lowest BCUT2D eigenvalue weighted by Gasteiger charge is -2.05. The van der Waals surface area contributed by atoms with Crippen molar-refractivity contribution in [2.45, 2.75) is 6.42 Å². The van der Waals surface area contributed by atoms with E-state index in [1.54, 1.807) is 14.2 Å². The van der Waals surface area contributed by atoms with E-state index in [1.807, 2.05) is 30.4 Å². The third-order valence-corrected chi connectivity index (χ3v) is 2.18. The zero-order valence-electron chi connectivity index (χ0n) is 9.00. The Kier molecular flexibility index (Phi) is 5.05. The monoisotopic (exact) mass is 226 g/mol. The minimum atomic E-state index is 0.637. The molecule has 82 valence electrons. The van der Waals surface area contributed by atoms with Crippen LogP contribution in [-0.4, -0.2) is 20.1 Å². The van der Waals surface area contributed by atoms with Gasteiger partial charge in [0.1, 0.15) is 11.5 Å². The van der Waals surface area contributed by atoms with Gasteiger partial charge in [0.2, 0.25) is 0 Å². The molecule has 0 aliphatic carbocycles. The zero-order valence-corrected chi connectivity index (χ0v) is 9.75. The molecule has 0 amide bonds. The van der Waals surface area contributed by atoms with E-state index in [-0.39, 0.29) is 0 Å². The van der Waals surface area contributed by atoms with Crippen LogP contribution in [0.25, 0.3) is 6.08 Å². The summed E-state index contributed by atoms with van der Waals surface area (Å²) in [6.45, 7) is 0. The Bertz CT molecular complexity index is 312. The SMILES string of the molecule is COc1cc(C=CCCCl)cc(OC)c1. The van der Waals surface area contributed by atoms with Gasteiger partial charge < -0.3 is 9.47 Å². The van der Waals surface area contributed by atoms with Crippen LogP contribution in [0.3, 0.4) is 0 Å². The number of hydrogen-bond donors (Lipinski definition) is 0. The summed E-state index contributed by atoms with van der Waals surface area (Å²) in [6, 6.07) is 5.75. The van der Waals surface area contributed by atoms with Crippen LogP contribution in [0.1, 0.15) is 12.0 Å². The minimum Gasteiger partial charge on any atom is -0.497 e. The van der Waals surface area contributed by atoms with Gasteiger partial charge >= 0.3 is 0 Å². The van der Waals surface area contributed by atoms with Gasteiger partial charge in [0, 0.05) is 11.9 Å².